The minimum atomic E-state index is -3.77. The van der Waals surface area contributed by atoms with Crippen molar-refractivity contribution in [1.29, 1.82) is 0 Å². The predicted molar refractivity (Wildman–Crippen MR) is 45.4 cm³/mol. The van der Waals surface area contributed by atoms with Crippen LogP contribution in [-0.4, -0.2) is 52.4 Å². The van der Waals surface area contributed by atoms with E-state index in [0.717, 1.165) is 0 Å². The third-order valence-corrected chi connectivity index (χ3v) is 2.09. The van der Waals surface area contributed by atoms with Crippen LogP contribution < -0.4 is 5.30 Å². The smallest absolute Gasteiger partial charge is 0.189 e. The Morgan fingerprint density at radius 3 is 1.64 bits per heavy atom. The Kier molecular flexibility index (Phi) is 5.07. The number of hydrogen-bond acceptors (Lipinski definition) is 3. The van der Waals surface area contributed by atoms with Gasteiger partial charge in [-0.2, -0.15) is 14.7 Å². The first-order chi connectivity index (χ1) is 4.61. The summed E-state index contributed by atoms with van der Waals surface area (Å²) in [6.45, 7) is 0. The van der Waals surface area contributed by atoms with Crippen molar-refractivity contribution in [1.82, 2.24) is 0 Å². The van der Waals surface area contributed by atoms with E-state index in [-0.39, 0.29) is 43.0 Å². The fourth-order valence-electron chi connectivity index (χ4n) is 0.628. The first-order valence-corrected chi connectivity index (χ1v) is 4.38. The Balaban J connectivity index is 0.000001000. The molecule has 1 aromatic carbocycles. The van der Waals surface area contributed by atoms with E-state index in [1.807, 2.05) is 0 Å². The van der Waals surface area contributed by atoms with Crippen LogP contribution >= 0.6 is 7.94 Å². The van der Waals surface area contributed by atoms with Crippen LogP contribution in [0.4, 0.5) is 0 Å². The molecule has 0 aliphatic carbocycles. The van der Waals surface area contributed by atoms with Crippen LogP contribution in [0.15, 0.2) is 30.3 Å². The molecule has 1 aromatic rings. The van der Waals surface area contributed by atoms with E-state index in [1.54, 1.807) is 18.2 Å². The first kappa shape index (κ1) is 11.8. The van der Waals surface area contributed by atoms with Gasteiger partial charge in [0.15, 0.2) is 5.30 Å². The summed E-state index contributed by atoms with van der Waals surface area (Å²) in [5.74, 6) is 0. The second kappa shape index (κ2) is 4.73. The van der Waals surface area contributed by atoms with Crippen molar-refractivity contribution < 1.29 is 14.7 Å². The van der Waals surface area contributed by atoms with Crippen molar-refractivity contribution in [3.63, 3.8) is 0 Å². The van der Waals surface area contributed by atoms with Crippen molar-refractivity contribution in [2.75, 3.05) is 0 Å². The number of hydrogen-bond donors (Lipinski definition) is 3. The summed E-state index contributed by atoms with van der Waals surface area (Å²) in [5.41, 5.74) is 0. The Labute approximate surface area is 95.3 Å². The molecule has 5 heteroatoms. The van der Waals surface area contributed by atoms with E-state index >= 15 is 0 Å². The van der Waals surface area contributed by atoms with Gasteiger partial charge in [0.25, 0.3) is 0 Å². The molecular formula is C6H8CaO3P+. The summed E-state index contributed by atoms with van der Waals surface area (Å²) in [5, 5.41) is 0.176. The normalized spacial score (nSPS) is 10.5. The van der Waals surface area contributed by atoms with Gasteiger partial charge in [-0.15, -0.1) is 0 Å². The molecule has 11 heavy (non-hydrogen) atoms. The quantitative estimate of drug-likeness (QED) is 0.429. The van der Waals surface area contributed by atoms with Crippen LogP contribution in [0.3, 0.4) is 0 Å². The molecule has 3 nitrogen and oxygen atoms in total. The largest absolute Gasteiger partial charge is 0.440 e. The standard InChI is InChI=1S/C6H8O3P.Ca/c7-10(8,9)6-4-2-1-3-5-6;/h1-5,7-9H;/q+1;. The molecule has 0 amide bonds. The summed E-state index contributed by atoms with van der Waals surface area (Å²) in [6, 6.07) is 7.93. The third-order valence-electron chi connectivity index (χ3n) is 1.10. The van der Waals surface area contributed by atoms with E-state index in [2.05, 4.69) is 0 Å². The van der Waals surface area contributed by atoms with Crippen LogP contribution in [0.25, 0.3) is 0 Å². The summed E-state index contributed by atoms with van der Waals surface area (Å²) >= 11 is 0. The molecule has 0 spiro atoms. The minimum absolute atomic E-state index is 0. The topological polar surface area (TPSA) is 60.7 Å². The molecule has 1 rings (SSSR count). The van der Waals surface area contributed by atoms with Gasteiger partial charge >= 0.3 is 7.94 Å². The van der Waals surface area contributed by atoms with Gasteiger partial charge in [0, 0.05) is 37.7 Å². The van der Waals surface area contributed by atoms with Gasteiger partial charge < -0.3 is 0 Å². The molecule has 0 unspecified atom stereocenters. The third kappa shape index (κ3) is 3.81. The zero-order chi connectivity index (χ0) is 7.61. The van der Waals surface area contributed by atoms with E-state index in [1.165, 1.54) is 12.1 Å². The monoisotopic (exact) mass is 199 g/mol. The molecule has 0 aliphatic heterocycles. The zero-order valence-corrected chi connectivity index (χ0v) is 8.99. The molecule has 56 valence electrons. The SMILES string of the molecule is O[P+](O)(O)c1ccccc1.[Ca]. The molecule has 2 radical (unpaired) electrons. The zero-order valence-electron chi connectivity index (χ0n) is 5.88. The molecular weight excluding hydrogens is 191 g/mol. The van der Waals surface area contributed by atoms with Crippen LogP contribution in [-0.2, 0) is 0 Å². The Morgan fingerprint density at radius 2 is 1.36 bits per heavy atom. The average molecular weight is 199 g/mol. The molecule has 0 aromatic heterocycles. The fourth-order valence-corrected chi connectivity index (χ4v) is 1.20. The van der Waals surface area contributed by atoms with Gasteiger partial charge in [-0.25, -0.2) is 0 Å². The maximum absolute atomic E-state index is 8.71. The van der Waals surface area contributed by atoms with Crippen LogP contribution in [0, 0.1) is 0 Å². The van der Waals surface area contributed by atoms with Crippen molar-refractivity contribution in [2.45, 2.75) is 0 Å². The molecule has 3 N–H and O–H groups in total. The van der Waals surface area contributed by atoms with Gasteiger partial charge in [0.1, 0.15) is 0 Å². The van der Waals surface area contributed by atoms with Gasteiger partial charge in [-0.1, -0.05) is 18.2 Å². The van der Waals surface area contributed by atoms with Crippen molar-refractivity contribution in [3.05, 3.63) is 30.3 Å². The average Bonchev–Trinajstić information content (AvgIpc) is 1.88. The van der Waals surface area contributed by atoms with Gasteiger partial charge in [0.2, 0.25) is 0 Å². The van der Waals surface area contributed by atoms with Gasteiger partial charge in [-0.3, -0.25) is 0 Å². The Bertz CT molecular complexity index is 209. The Morgan fingerprint density at radius 1 is 0.909 bits per heavy atom. The maximum Gasteiger partial charge on any atom is 0.440 e. The van der Waals surface area contributed by atoms with Crippen molar-refractivity contribution in [2.24, 2.45) is 0 Å². The fraction of sp³-hybridized carbons (Fsp3) is 0. The van der Waals surface area contributed by atoms with Gasteiger partial charge in [0.05, 0.1) is 0 Å². The molecule has 0 heterocycles. The van der Waals surface area contributed by atoms with E-state index in [9.17, 15) is 0 Å². The maximum atomic E-state index is 8.71. The number of rotatable bonds is 1. The second-order valence-electron chi connectivity index (χ2n) is 1.90. The minimum Gasteiger partial charge on any atom is -0.189 e. The summed E-state index contributed by atoms with van der Waals surface area (Å²) in [4.78, 5) is 26.1. The summed E-state index contributed by atoms with van der Waals surface area (Å²) in [7, 11) is -3.77. The molecule has 0 aliphatic rings. The van der Waals surface area contributed by atoms with Crippen molar-refractivity contribution in [3.8, 4) is 0 Å². The molecule has 0 fully saturated rings. The summed E-state index contributed by atoms with van der Waals surface area (Å²) < 4.78 is 0. The molecule has 0 bridgehead atoms. The predicted octanol–water partition coefficient (Wildman–Crippen LogP) is -0.329. The van der Waals surface area contributed by atoms with Gasteiger partial charge in [-0.05, 0) is 12.1 Å². The van der Waals surface area contributed by atoms with E-state index in [0.29, 0.717) is 0 Å². The summed E-state index contributed by atoms with van der Waals surface area (Å²) in [6.07, 6.45) is 0. The van der Waals surface area contributed by atoms with E-state index in [4.69, 9.17) is 14.7 Å². The molecule has 0 saturated carbocycles. The number of benzene rings is 1. The molecule has 0 atom stereocenters. The first-order valence-electron chi connectivity index (χ1n) is 2.73. The van der Waals surface area contributed by atoms with Crippen molar-refractivity contribution >= 4 is 51.0 Å². The second-order valence-corrected chi connectivity index (χ2v) is 3.56. The van der Waals surface area contributed by atoms with Crippen LogP contribution in [0.2, 0.25) is 0 Å². The van der Waals surface area contributed by atoms with E-state index < -0.39 is 7.94 Å². The Hall–Kier alpha value is 0.790. The molecule has 0 saturated heterocycles. The van der Waals surface area contributed by atoms with Crippen LogP contribution in [0.5, 0.6) is 0 Å². The van der Waals surface area contributed by atoms with Crippen LogP contribution in [0.1, 0.15) is 0 Å².